The molecule has 2 bridgehead atoms. The lowest BCUT2D eigenvalue weighted by Gasteiger charge is -2.46. The molecular formula is C25H20N2O4. The zero-order valence-electron chi connectivity index (χ0n) is 16.8. The molecule has 5 atom stereocenters. The second-order valence-corrected chi connectivity index (χ2v) is 8.64. The van der Waals surface area contributed by atoms with Gasteiger partial charge in [0.15, 0.2) is 5.69 Å². The van der Waals surface area contributed by atoms with E-state index in [1.807, 2.05) is 19.1 Å². The van der Waals surface area contributed by atoms with Crippen molar-refractivity contribution < 1.29 is 20.0 Å². The van der Waals surface area contributed by atoms with Crippen LogP contribution >= 0.6 is 0 Å². The van der Waals surface area contributed by atoms with Gasteiger partial charge in [0.1, 0.15) is 0 Å². The molecule has 1 fully saturated rings. The summed E-state index contributed by atoms with van der Waals surface area (Å²) in [7, 11) is 0. The monoisotopic (exact) mass is 412 g/mol. The van der Waals surface area contributed by atoms with Gasteiger partial charge in [0.25, 0.3) is 0 Å². The lowest BCUT2D eigenvalue weighted by atomic mass is 9.55. The van der Waals surface area contributed by atoms with Crippen LogP contribution < -0.4 is 10.1 Å². The molecule has 0 spiro atoms. The van der Waals surface area contributed by atoms with Gasteiger partial charge in [-0.25, -0.2) is 10.1 Å². The second-order valence-electron chi connectivity index (χ2n) is 8.64. The zero-order valence-corrected chi connectivity index (χ0v) is 16.8. The summed E-state index contributed by atoms with van der Waals surface area (Å²) >= 11 is 0. The van der Waals surface area contributed by atoms with Crippen molar-refractivity contribution in [3.05, 3.63) is 99.8 Å². The third-order valence-electron chi connectivity index (χ3n) is 7.05. The van der Waals surface area contributed by atoms with E-state index >= 15 is 0 Å². The van der Waals surface area contributed by atoms with Crippen molar-refractivity contribution in [2.45, 2.75) is 18.8 Å². The molecule has 2 N–H and O–H groups in total. The summed E-state index contributed by atoms with van der Waals surface area (Å²) in [6, 6.07) is 20.5. The average Bonchev–Trinajstić information content (AvgIpc) is 3.04. The van der Waals surface area contributed by atoms with Crippen molar-refractivity contribution in [2.75, 3.05) is 4.90 Å². The molecule has 3 aliphatic carbocycles. The molecule has 6 nitrogen and oxygen atoms in total. The number of rotatable bonds is 2. The van der Waals surface area contributed by atoms with E-state index < -0.39 is 17.1 Å². The smallest absolute Gasteiger partial charge is 0.238 e. The Balaban J connectivity index is 1.54. The Bertz CT molecular complexity index is 1270. The third kappa shape index (κ3) is 2.38. The molecular weight excluding hydrogens is 392 g/mol. The van der Waals surface area contributed by atoms with Gasteiger partial charge in [0, 0.05) is 24.0 Å². The number of amides is 2. The lowest BCUT2D eigenvalue weighted by molar-refractivity contribution is -0.991. The quantitative estimate of drug-likeness (QED) is 0.501. The molecule has 1 aliphatic heterocycles. The number of nitrogens with one attached hydrogen (secondary N) is 1. The molecule has 154 valence electrons. The molecule has 1 heterocycles. The van der Waals surface area contributed by atoms with Gasteiger partial charge in [0.2, 0.25) is 11.8 Å². The van der Waals surface area contributed by atoms with Gasteiger partial charge in [-0.3, -0.25) is 9.59 Å². The first-order valence-corrected chi connectivity index (χ1v) is 10.4. The highest BCUT2D eigenvalue weighted by atomic mass is 16.8. The molecule has 31 heavy (non-hydrogen) atoms. The Hall–Kier alpha value is -3.32. The summed E-state index contributed by atoms with van der Waals surface area (Å²) in [5.41, 5.74) is 6.00. The Morgan fingerprint density at radius 3 is 2.06 bits per heavy atom. The fraction of sp³-hybridized carbons (Fsp3) is 0.200. The summed E-state index contributed by atoms with van der Waals surface area (Å²) in [4.78, 5) is 28.6. The van der Waals surface area contributed by atoms with E-state index in [1.54, 1.807) is 12.1 Å². The highest BCUT2D eigenvalue weighted by Gasteiger charge is 2.61. The van der Waals surface area contributed by atoms with E-state index in [0.717, 1.165) is 27.8 Å². The number of aryl methyl sites for hydroxylation is 1. The van der Waals surface area contributed by atoms with Gasteiger partial charge >= 0.3 is 0 Å². The lowest BCUT2D eigenvalue weighted by Crippen LogP contribution is -2.99. The van der Waals surface area contributed by atoms with Gasteiger partial charge in [-0.05, 0) is 35.2 Å². The largest absolute Gasteiger partial charge is 0.595 e. The predicted molar refractivity (Wildman–Crippen MR) is 113 cm³/mol. The molecule has 2 amide bonds. The van der Waals surface area contributed by atoms with Crippen LogP contribution in [0.25, 0.3) is 0 Å². The van der Waals surface area contributed by atoms with E-state index in [1.165, 1.54) is 17.0 Å². The van der Waals surface area contributed by atoms with Crippen molar-refractivity contribution in [3.8, 4) is 0 Å². The fourth-order valence-corrected chi connectivity index (χ4v) is 5.88. The first-order valence-electron chi connectivity index (χ1n) is 10.4. The number of carbonyl (C=O) groups is 2. The van der Waals surface area contributed by atoms with Crippen LogP contribution in [0.2, 0.25) is 0 Å². The standard InChI is InChI=1S/C25H20N2O4/c1-13-9-10-18-19(11-13)21-17-8-3-2-7-16(17)20(18)22-23(21)25(29)26(24(22)28)14-5-4-6-15(12-14)27(30)31/h2-12,20-23,27,30H,1H3/t20-,21-,22+,23-/m1/s1. The van der Waals surface area contributed by atoms with E-state index in [4.69, 9.17) is 0 Å². The van der Waals surface area contributed by atoms with Crippen LogP contribution in [0.3, 0.4) is 0 Å². The van der Waals surface area contributed by atoms with E-state index in [2.05, 4.69) is 30.3 Å². The van der Waals surface area contributed by atoms with Crippen LogP contribution in [-0.4, -0.2) is 17.0 Å². The van der Waals surface area contributed by atoms with Crippen LogP contribution in [0.1, 0.15) is 39.7 Å². The number of benzene rings is 3. The first-order chi connectivity index (χ1) is 15.0. The minimum absolute atomic E-state index is 0.0538. The van der Waals surface area contributed by atoms with Gasteiger partial charge in [-0.1, -0.05) is 54.1 Å². The van der Waals surface area contributed by atoms with Crippen LogP contribution in [0, 0.1) is 24.0 Å². The van der Waals surface area contributed by atoms with Crippen molar-refractivity contribution in [2.24, 2.45) is 11.8 Å². The van der Waals surface area contributed by atoms with Crippen LogP contribution in [0.5, 0.6) is 0 Å². The number of hydrogen-bond donors (Lipinski definition) is 2. The number of quaternary nitrogens is 1. The van der Waals surface area contributed by atoms with E-state index in [9.17, 15) is 20.0 Å². The maximum Gasteiger partial charge on any atom is 0.238 e. The SMILES string of the molecule is Cc1ccc2c(c1)[C@H]1c3ccccc3[C@H]2[C@@H]2C(=O)N(c3cccc([NH+]([O-])O)c3)C(=O)[C@H]12. The molecule has 0 saturated carbocycles. The number of carbonyl (C=O) groups excluding carboxylic acids is 2. The Morgan fingerprint density at radius 1 is 0.806 bits per heavy atom. The molecule has 4 aliphatic rings. The van der Waals surface area contributed by atoms with E-state index in [0.29, 0.717) is 5.69 Å². The van der Waals surface area contributed by atoms with Crippen molar-refractivity contribution >= 4 is 23.2 Å². The molecule has 0 aromatic heterocycles. The Morgan fingerprint density at radius 2 is 1.42 bits per heavy atom. The predicted octanol–water partition coefficient (Wildman–Crippen LogP) is 2.80. The highest BCUT2D eigenvalue weighted by molar-refractivity contribution is 6.23. The normalized spacial score (nSPS) is 26.5. The molecule has 3 aromatic carbocycles. The molecule has 1 unspecified atom stereocenters. The van der Waals surface area contributed by atoms with Gasteiger partial charge < -0.3 is 5.21 Å². The van der Waals surface area contributed by atoms with Crippen LogP contribution in [0.4, 0.5) is 11.4 Å². The summed E-state index contributed by atoms with van der Waals surface area (Å²) in [6.07, 6.45) is 0. The summed E-state index contributed by atoms with van der Waals surface area (Å²) < 4.78 is 0. The molecule has 0 radical (unpaired) electrons. The van der Waals surface area contributed by atoms with Gasteiger partial charge in [-0.2, -0.15) is 5.23 Å². The van der Waals surface area contributed by atoms with E-state index in [-0.39, 0.29) is 29.3 Å². The number of hydrogen-bond acceptors (Lipinski definition) is 4. The minimum atomic E-state index is -1.09. The zero-order chi connectivity index (χ0) is 21.4. The number of nitrogens with zero attached hydrogens (tertiary/aromatic N) is 1. The first kappa shape index (κ1) is 18.4. The van der Waals surface area contributed by atoms with Gasteiger partial charge in [-0.15, -0.1) is 0 Å². The van der Waals surface area contributed by atoms with Crippen LogP contribution in [-0.2, 0) is 9.59 Å². The highest BCUT2D eigenvalue weighted by Crippen LogP contribution is 2.61. The van der Waals surface area contributed by atoms with Gasteiger partial charge in [0.05, 0.1) is 17.5 Å². The second kappa shape index (κ2) is 6.34. The van der Waals surface area contributed by atoms with Crippen molar-refractivity contribution in [1.29, 1.82) is 0 Å². The minimum Gasteiger partial charge on any atom is -0.595 e. The Kier molecular flexibility index (Phi) is 3.77. The van der Waals surface area contributed by atoms with Crippen molar-refractivity contribution in [1.82, 2.24) is 0 Å². The summed E-state index contributed by atoms with van der Waals surface area (Å²) in [6.45, 7) is 2.04. The molecule has 7 rings (SSSR count). The summed E-state index contributed by atoms with van der Waals surface area (Å²) in [5.74, 6) is -1.79. The maximum absolute atomic E-state index is 13.7. The topological polar surface area (TPSA) is 85.1 Å². The average molecular weight is 412 g/mol. The molecule has 6 heteroatoms. The molecule has 3 aromatic rings. The van der Waals surface area contributed by atoms with Crippen molar-refractivity contribution in [3.63, 3.8) is 0 Å². The fourth-order valence-electron chi connectivity index (χ4n) is 5.88. The molecule has 1 saturated heterocycles. The maximum atomic E-state index is 13.7. The third-order valence-corrected chi connectivity index (χ3v) is 7.05. The number of anilines is 1. The summed E-state index contributed by atoms with van der Waals surface area (Å²) in [5, 5.41) is 19.7. The Labute approximate surface area is 178 Å². The number of imide groups is 1. The van der Waals surface area contributed by atoms with Crippen LogP contribution in [0.15, 0.2) is 66.7 Å².